The molecule has 0 aliphatic heterocycles. The maximum Gasteiger partial charge on any atom is 0.311 e. The number of aromatic hydroxyl groups is 1. The molecule has 1 unspecified atom stereocenters. The highest BCUT2D eigenvalue weighted by molar-refractivity contribution is 5.85. The van der Waals surface area contributed by atoms with Crippen molar-refractivity contribution in [1.82, 2.24) is 4.90 Å². The minimum Gasteiger partial charge on any atom is -0.508 e. The molecule has 1 aromatic carbocycles. The largest absolute Gasteiger partial charge is 0.508 e. The first-order valence-electron chi connectivity index (χ1n) is 5.13. The van der Waals surface area contributed by atoms with Crippen LogP contribution in [0.1, 0.15) is 17.9 Å². The quantitative estimate of drug-likeness (QED) is 0.820. The molecule has 1 atom stereocenters. The molecular formula is C12H15NO4. The van der Waals surface area contributed by atoms with Gasteiger partial charge in [0.1, 0.15) is 5.75 Å². The first-order chi connectivity index (χ1) is 7.91. The third-order valence-electron chi connectivity index (χ3n) is 2.47. The van der Waals surface area contributed by atoms with Crippen LogP contribution in [0.15, 0.2) is 24.3 Å². The lowest BCUT2D eigenvalue weighted by Gasteiger charge is -2.15. The molecule has 0 aromatic heterocycles. The zero-order chi connectivity index (χ0) is 13.0. The highest BCUT2D eigenvalue weighted by atomic mass is 16.4. The number of carbonyl (C=O) groups excluding carboxylic acids is 1. The Balaban J connectivity index is 2.90. The second-order valence-corrected chi connectivity index (χ2v) is 3.97. The van der Waals surface area contributed by atoms with E-state index < -0.39 is 11.9 Å². The third kappa shape index (κ3) is 3.48. The monoisotopic (exact) mass is 237 g/mol. The first kappa shape index (κ1) is 13.0. The number of carboxylic acids is 1. The van der Waals surface area contributed by atoms with Crippen molar-refractivity contribution in [3.05, 3.63) is 29.8 Å². The average Bonchev–Trinajstić information content (AvgIpc) is 2.26. The van der Waals surface area contributed by atoms with Crippen LogP contribution in [0.25, 0.3) is 0 Å². The Labute approximate surface area is 99.3 Å². The van der Waals surface area contributed by atoms with Crippen molar-refractivity contribution in [2.75, 3.05) is 14.1 Å². The van der Waals surface area contributed by atoms with E-state index in [4.69, 9.17) is 10.2 Å². The smallest absolute Gasteiger partial charge is 0.311 e. The summed E-state index contributed by atoms with van der Waals surface area (Å²) in [7, 11) is 3.16. The molecule has 0 aliphatic rings. The molecule has 1 aromatic rings. The molecule has 17 heavy (non-hydrogen) atoms. The van der Waals surface area contributed by atoms with Crippen LogP contribution in [0.3, 0.4) is 0 Å². The van der Waals surface area contributed by atoms with Crippen molar-refractivity contribution in [3.8, 4) is 5.75 Å². The molecule has 0 bridgehead atoms. The summed E-state index contributed by atoms with van der Waals surface area (Å²) in [5.41, 5.74) is 0.505. The van der Waals surface area contributed by atoms with Gasteiger partial charge in [0.2, 0.25) is 5.91 Å². The average molecular weight is 237 g/mol. The Morgan fingerprint density at radius 2 is 1.76 bits per heavy atom. The lowest BCUT2D eigenvalue weighted by atomic mass is 9.95. The molecule has 0 saturated heterocycles. The predicted octanol–water partition coefficient (Wildman–Crippen LogP) is 1.04. The fraction of sp³-hybridized carbons (Fsp3) is 0.333. The van der Waals surface area contributed by atoms with E-state index in [1.54, 1.807) is 14.1 Å². The van der Waals surface area contributed by atoms with Crippen molar-refractivity contribution in [2.24, 2.45) is 0 Å². The number of phenolic OH excluding ortho intramolecular Hbond substituents is 1. The fourth-order valence-corrected chi connectivity index (χ4v) is 1.41. The van der Waals surface area contributed by atoms with Gasteiger partial charge in [0.25, 0.3) is 0 Å². The molecule has 5 nitrogen and oxygen atoms in total. The molecular weight excluding hydrogens is 222 g/mol. The number of hydrogen-bond donors (Lipinski definition) is 2. The standard InChI is InChI=1S/C12H15NO4/c1-13(2)11(15)7-10(12(16)17)8-3-5-9(14)6-4-8/h3-6,10,14H,7H2,1-2H3,(H,16,17). The number of amides is 1. The van der Waals surface area contributed by atoms with Gasteiger partial charge in [-0.15, -0.1) is 0 Å². The topological polar surface area (TPSA) is 77.8 Å². The minimum atomic E-state index is -1.05. The number of phenols is 1. The zero-order valence-electron chi connectivity index (χ0n) is 9.75. The summed E-state index contributed by atoms with van der Waals surface area (Å²) in [6.45, 7) is 0. The number of nitrogens with zero attached hydrogens (tertiary/aromatic N) is 1. The van der Waals surface area contributed by atoms with Crippen LogP contribution < -0.4 is 0 Å². The van der Waals surface area contributed by atoms with Crippen LogP contribution in [0, 0.1) is 0 Å². The van der Waals surface area contributed by atoms with Gasteiger partial charge in [0.05, 0.1) is 5.92 Å². The van der Waals surface area contributed by atoms with Crippen molar-refractivity contribution >= 4 is 11.9 Å². The SMILES string of the molecule is CN(C)C(=O)CC(C(=O)O)c1ccc(O)cc1. The Morgan fingerprint density at radius 1 is 1.24 bits per heavy atom. The maximum absolute atomic E-state index is 11.5. The number of carboxylic acid groups (broad SMARTS) is 1. The Morgan fingerprint density at radius 3 is 2.18 bits per heavy atom. The summed E-state index contributed by atoms with van der Waals surface area (Å²) in [5, 5.41) is 18.2. The minimum absolute atomic E-state index is 0.0665. The van der Waals surface area contributed by atoms with E-state index in [1.165, 1.54) is 29.2 Å². The Hall–Kier alpha value is -2.04. The van der Waals surface area contributed by atoms with Crippen LogP contribution >= 0.6 is 0 Å². The number of rotatable bonds is 4. The summed E-state index contributed by atoms with van der Waals surface area (Å²) in [5.74, 6) is -2.11. The molecule has 0 radical (unpaired) electrons. The zero-order valence-corrected chi connectivity index (χ0v) is 9.75. The molecule has 5 heteroatoms. The lowest BCUT2D eigenvalue weighted by molar-refractivity contribution is -0.142. The van der Waals surface area contributed by atoms with Crippen LogP contribution in [0.5, 0.6) is 5.75 Å². The molecule has 0 fully saturated rings. The van der Waals surface area contributed by atoms with Gasteiger partial charge in [-0.1, -0.05) is 12.1 Å². The van der Waals surface area contributed by atoms with E-state index in [0.29, 0.717) is 5.56 Å². The summed E-state index contributed by atoms with van der Waals surface area (Å²) in [6, 6.07) is 5.84. The van der Waals surface area contributed by atoms with Gasteiger partial charge in [0, 0.05) is 20.5 Å². The molecule has 1 amide bonds. The fourth-order valence-electron chi connectivity index (χ4n) is 1.41. The van der Waals surface area contributed by atoms with Gasteiger partial charge in [-0.05, 0) is 17.7 Å². The van der Waals surface area contributed by atoms with Crippen molar-refractivity contribution in [2.45, 2.75) is 12.3 Å². The number of benzene rings is 1. The van der Waals surface area contributed by atoms with Crippen molar-refractivity contribution in [3.63, 3.8) is 0 Å². The van der Waals surface area contributed by atoms with Crippen LogP contribution in [0.4, 0.5) is 0 Å². The van der Waals surface area contributed by atoms with E-state index >= 15 is 0 Å². The van der Waals surface area contributed by atoms with Gasteiger partial charge in [0.15, 0.2) is 0 Å². The second-order valence-electron chi connectivity index (χ2n) is 3.97. The van der Waals surface area contributed by atoms with Crippen LogP contribution in [-0.4, -0.2) is 41.1 Å². The highest BCUT2D eigenvalue weighted by Gasteiger charge is 2.23. The predicted molar refractivity (Wildman–Crippen MR) is 61.8 cm³/mol. The molecule has 0 aliphatic carbocycles. The maximum atomic E-state index is 11.5. The lowest BCUT2D eigenvalue weighted by Crippen LogP contribution is -2.26. The summed E-state index contributed by atoms with van der Waals surface area (Å²) in [6.07, 6.45) is -0.0902. The molecule has 2 N–H and O–H groups in total. The van der Waals surface area contributed by atoms with Crippen molar-refractivity contribution < 1.29 is 19.8 Å². The van der Waals surface area contributed by atoms with Gasteiger partial charge in [-0.2, -0.15) is 0 Å². The molecule has 0 saturated carbocycles. The Kier molecular flexibility index (Phi) is 4.09. The molecule has 0 spiro atoms. The number of aliphatic carboxylic acids is 1. The Bertz CT molecular complexity index is 411. The van der Waals surface area contributed by atoms with Crippen molar-refractivity contribution in [1.29, 1.82) is 0 Å². The van der Waals surface area contributed by atoms with Gasteiger partial charge in [-0.25, -0.2) is 0 Å². The molecule has 92 valence electrons. The van der Waals surface area contributed by atoms with Crippen LogP contribution in [-0.2, 0) is 9.59 Å². The first-order valence-corrected chi connectivity index (χ1v) is 5.13. The number of carbonyl (C=O) groups is 2. The van der Waals surface area contributed by atoms with Crippen LogP contribution in [0.2, 0.25) is 0 Å². The van der Waals surface area contributed by atoms with Gasteiger partial charge in [-0.3, -0.25) is 9.59 Å². The number of hydrogen-bond acceptors (Lipinski definition) is 3. The summed E-state index contributed by atoms with van der Waals surface area (Å²) < 4.78 is 0. The third-order valence-corrected chi connectivity index (χ3v) is 2.47. The van der Waals surface area contributed by atoms with Gasteiger partial charge >= 0.3 is 5.97 Å². The van der Waals surface area contributed by atoms with E-state index in [2.05, 4.69) is 0 Å². The molecule has 1 rings (SSSR count). The van der Waals surface area contributed by atoms with E-state index in [0.717, 1.165) is 0 Å². The van der Waals surface area contributed by atoms with E-state index in [9.17, 15) is 9.59 Å². The highest BCUT2D eigenvalue weighted by Crippen LogP contribution is 2.22. The van der Waals surface area contributed by atoms with Gasteiger partial charge < -0.3 is 15.1 Å². The van der Waals surface area contributed by atoms with E-state index in [1.807, 2.05) is 0 Å². The second kappa shape index (κ2) is 5.34. The summed E-state index contributed by atoms with van der Waals surface area (Å²) >= 11 is 0. The normalized spacial score (nSPS) is 11.9. The molecule has 0 heterocycles. The summed E-state index contributed by atoms with van der Waals surface area (Å²) in [4.78, 5) is 24.0. The van der Waals surface area contributed by atoms with E-state index in [-0.39, 0.29) is 18.1 Å².